The predicted octanol–water partition coefficient (Wildman–Crippen LogP) is 3.52. The van der Waals surface area contributed by atoms with Gasteiger partial charge in [-0.25, -0.2) is 9.18 Å². The van der Waals surface area contributed by atoms with Gasteiger partial charge in [0.2, 0.25) is 5.78 Å². The Labute approximate surface area is 141 Å². The number of benzene rings is 1. The van der Waals surface area contributed by atoms with E-state index in [2.05, 4.69) is 21.2 Å². The summed E-state index contributed by atoms with van der Waals surface area (Å²) in [4.78, 5) is 24.7. The van der Waals surface area contributed by atoms with Crippen molar-refractivity contribution in [2.45, 2.75) is 13.8 Å². The molecule has 1 rings (SSSR count). The Morgan fingerprint density at radius 1 is 1.36 bits per heavy atom. The fourth-order valence-electron chi connectivity index (χ4n) is 1.72. The molecule has 0 unspecified atom stereocenters. The number of thioether (sulfide) groups is 1. The van der Waals surface area contributed by atoms with Crippen LogP contribution in [-0.2, 0) is 9.53 Å². The third-order valence-electron chi connectivity index (χ3n) is 2.65. The molecule has 1 aromatic carbocycles. The van der Waals surface area contributed by atoms with Crippen LogP contribution in [0.4, 0.5) is 4.39 Å². The van der Waals surface area contributed by atoms with Gasteiger partial charge < -0.3 is 10.1 Å². The highest BCUT2D eigenvalue weighted by Gasteiger charge is 2.27. The Morgan fingerprint density at radius 2 is 2.05 bits per heavy atom. The minimum atomic E-state index is -0.764. The van der Waals surface area contributed by atoms with E-state index in [1.165, 1.54) is 23.9 Å². The van der Waals surface area contributed by atoms with Crippen molar-refractivity contribution < 1.29 is 18.7 Å². The van der Waals surface area contributed by atoms with E-state index >= 15 is 0 Å². The van der Waals surface area contributed by atoms with Crippen molar-refractivity contribution in [2.24, 2.45) is 0 Å². The van der Waals surface area contributed by atoms with Gasteiger partial charge in [-0.2, -0.15) is 0 Å². The standard InChI is InChI=1S/C15H17BrFNO3S/c1-4-18-14(22-3)12(15(20)21-5-2)13(19)10-7-6-9(16)8-11(10)17/h6-8,18H,4-5H2,1-3H3. The highest BCUT2D eigenvalue weighted by atomic mass is 79.9. The number of halogens is 2. The van der Waals surface area contributed by atoms with Gasteiger partial charge in [0.05, 0.1) is 17.2 Å². The molecule has 4 nitrogen and oxygen atoms in total. The van der Waals surface area contributed by atoms with Crippen LogP contribution < -0.4 is 5.32 Å². The fourth-order valence-corrected chi connectivity index (χ4v) is 2.73. The van der Waals surface area contributed by atoms with Crippen LogP contribution in [0.2, 0.25) is 0 Å². The summed E-state index contributed by atoms with van der Waals surface area (Å²) in [6.45, 7) is 4.14. The molecule has 120 valence electrons. The van der Waals surface area contributed by atoms with Crippen molar-refractivity contribution in [1.82, 2.24) is 5.32 Å². The van der Waals surface area contributed by atoms with Gasteiger partial charge >= 0.3 is 5.97 Å². The monoisotopic (exact) mass is 389 g/mol. The second-order valence-electron chi connectivity index (χ2n) is 4.11. The second-order valence-corrected chi connectivity index (χ2v) is 5.84. The first-order valence-corrected chi connectivity index (χ1v) is 8.66. The summed E-state index contributed by atoms with van der Waals surface area (Å²) < 4.78 is 19.5. The molecule has 22 heavy (non-hydrogen) atoms. The molecule has 0 radical (unpaired) electrons. The lowest BCUT2D eigenvalue weighted by molar-refractivity contribution is -0.138. The molecule has 0 saturated carbocycles. The van der Waals surface area contributed by atoms with E-state index < -0.39 is 17.6 Å². The van der Waals surface area contributed by atoms with Crippen LogP contribution in [0.3, 0.4) is 0 Å². The van der Waals surface area contributed by atoms with E-state index in [1.807, 2.05) is 6.92 Å². The molecular weight excluding hydrogens is 373 g/mol. The zero-order chi connectivity index (χ0) is 16.7. The number of rotatable bonds is 7. The zero-order valence-electron chi connectivity index (χ0n) is 12.5. The molecule has 0 atom stereocenters. The van der Waals surface area contributed by atoms with Crippen LogP contribution in [0.25, 0.3) is 0 Å². The number of esters is 1. The summed E-state index contributed by atoms with van der Waals surface area (Å²) >= 11 is 4.34. The molecule has 0 aliphatic rings. The zero-order valence-corrected chi connectivity index (χ0v) is 14.9. The van der Waals surface area contributed by atoms with E-state index in [4.69, 9.17) is 4.74 Å². The van der Waals surface area contributed by atoms with Crippen LogP contribution in [0.1, 0.15) is 24.2 Å². The molecule has 0 heterocycles. The maximum atomic E-state index is 14.0. The molecule has 1 aromatic rings. The van der Waals surface area contributed by atoms with E-state index in [-0.39, 0.29) is 17.7 Å². The summed E-state index contributed by atoms with van der Waals surface area (Å²) in [5, 5.41) is 3.31. The van der Waals surface area contributed by atoms with Gasteiger partial charge in [0, 0.05) is 11.0 Å². The van der Waals surface area contributed by atoms with Crippen LogP contribution in [0.5, 0.6) is 0 Å². The van der Waals surface area contributed by atoms with Gasteiger partial charge in [0.1, 0.15) is 11.4 Å². The molecule has 0 aliphatic carbocycles. The minimum Gasteiger partial charge on any atom is -0.462 e. The Bertz CT molecular complexity index is 604. The maximum absolute atomic E-state index is 14.0. The minimum absolute atomic E-state index is 0.131. The summed E-state index contributed by atoms with van der Waals surface area (Å²) in [5.74, 6) is -2.16. The van der Waals surface area contributed by atoms with Crippen LogP contribution in [0.15, 0.2) is 33.3 Å². The topological polar surface area (TPSA) is 55.4 Å². The summed E-state index contributed by atoms with van der Waals surface area (Å²) in [6.07, 6.45) is 1.72. The summed E-state index contributed by atoms with van der Waals surface area (Å²) in [7, 11) is 0. The first-order chi connectivity index (χ1) is 10.5. The summed E-state index contributed by atoms with van der Waals surface area (Å²) in [6, 6.07) is 4.07. The second kappa shape index (κ2) is 8.95. The predicted molar refractivity (Wildman–Crippen MR) is 89.3 cm³/mol. The first-order valence-electron chi connectivity index (χ1n) is 6.65. The van der Waals surface area contributed by atoms with Crippen LogP contribution >= 0.6 is 27.7 Å². The van der Waals surface area contributed by atoms with Gasteiger partial charge in [-0.1, -0.05) is 15.9 Å². The molecule has 1 N–H and O–H groups in total. The Hall–Kier alpha value is -1.34. The fraction of sp³-hybridized carbons (Fsp3) is 0.333. The van der Waals surface area contributed by atoms with Crippen molar-refractivity contribution in [3.8, 4) is 0 Å². The summed E-state index contributed by atoms with van der Waals surface area (Å²) in [5.41, 5.74) is -0.354. The van der Waals surface area contributed by atoms with E-state index in [9.17, 15) is 14.0 Å². The Morgan fingerprint density at radius 3 is 2.55 bits per heavy atom. The van der Waals surface area contributed by atoms with E-state index in [1.54, 1.807) is 19.2 Å². The largest absolute Gasteiger partial charge is 0.462 e. The van der Waals surface area contributed by atoms with Crippen molar-refractivity contribution in [1.29, 1.82) is 0 Å². The van der Waals surface area contributed by atoms with Gasteiger partial charge in [-0.15, -0.1) is 11.8 Å². The molecule has 7 heteroatoms. The number of hydrogen-bond donors (Lipinski definition) is 1. The number of ether oxygens (including phenoxy) is 1. The van der Waals surface area contributed by atoms with Gasteiger partial charge in [0.15, 0.2) is 0 Å². The Balaban J connectivity index is 3.37. The number of hydrogen-bond acceptors (Lipinski definition) is 5. The number of ketones is 1. The molecule has 0 aromatic heterocycles. The SMILES string of the molecule is CCNC(SC)=C(C(=O)OCC)C(=O)c1ccc(Br)cc1F. The molecule has 0 saturated heterocycles. The highest BCUT2D eigenvalue weighted by Crippen LogP contribution is 2.23. The average molecular weight is 390 g/mol. The lowest BCUT2D eigenvalue weighted by Crippen LogP contribution is -2.24. The number of Topliss-reactive ketones (excluding diaryl/α,β-unsaturated/α-hetero) is 1. The number of carbonyl (C=O) groups excluding carboxylic acids is 2. The van der Waals surface area contributed by atoms with E-state index in [0.717, 1.165) is 0 Å². The lowest BCUT2D eigenvalue weighted by atomic mass is 10.0. The quantitative estimate of drug-likeness (QED) is 0.254. The van der Waals surface area contributed by atoms with Crippen LogP contribution in [0, 0.1) is 5.82 Å². The smallest absolute Gasteiger partial charge is 0.344 e. The van der Waals surface area contributed by atoms with Crippen LogP contribution in [-0.4, -0.2) is 31.2 Å². The van der Waals surface area contributed by atoms with E-state index in [0.29, 0.717) is 16.0 Å². The third-order valence-corrected chi connectivity index (χ3v) is 3.90. The average Bonchev–Trinajstić information content (AvgIpc) is 2.46. The number of carbonyl (C=O) groups is 2. The Kier molecular flexibility index (Phi) is 7.61. The molecule has 0 fully saturated rings. The van der Waals surface area contributed by atoms with Gasteiger partial charge in [0.25, 0.3) is 0 Å². The van der Waals surface area contributed by atoms with Gasteiger partial charge in [-0.3, -0.25) is 4.79 Å². The molecule has 0 spiro atoms. The first kappa shape index (κ1) is 18.7. The highest BCUT2D eigenvalue weighted by molar-refractivity contribution is 9.10. The van der Waals surface area contributed by atoms with Crippen molar-refractivity contribution in [3.05, 3.63) is 44.7 Å². The molecule has 0 bridgehead atoms. The third kappa shape index (κ3) is 4.58. The molecule has 0 aliphatic heterocycles. The van der Waals surface area contributed by atoms with Crippen molar-refractivity contribution in [3.63, 3.8) is 0 Å². The van der Waals surface area contributed by atoms with Gasteiger partial charge in [-0.05, 0) is 38.3 Å². The molecular formula is C15H17BrFNO3S. The lowest BCUT2D eigenvalue weighted by Gasteiger charge is -2.13. The van der Waals surface area contributed by atoms with Crippen molar-refractivity contribution >= 4 is 39.4 Å². The number of nitrogens with one attached hydrogen (secondary N) is 1. The molecule has 0 amide bonds. The normalized spacial score (nSPS) is 11.7. The van der Waals surface area contributed by atoms with Crippen molar-refractivity contribution in [2.75, 3.05) is 19.4 Å². The maximum Gasteiger partial charge on any atom is 0.344 e.